The summed E-state index contributed by atoms with van der Waals surface area (Å²) in [5, 5.41) is 12.3. The highest BCUT2D eigenvalue weighted by molar-refractivity contribution is 6.33. The highest BCUT2D eigenvalue weighted by atomic mass is 35.5. The lowest BCUT2D eigenvalue weighted by Gasteiger charge is -2.37. The normalized spacial score (nSPS) is 22.3. The Morgan fingerprint density at radius 1 is 1.22 bits per heavy atom. The minimum absolute atomic E-state index is 0.0852. The van der Waals surface area contributed by atoms with Crippen LogP contribution < -0.4 is 15.8 Å². The molecule has 1 unspecified atom stereocenters. The molecule has 0 aliphatic carbocycles. The molecule has 3 heterocycles. The maximum Gasteiger partial charge on any atom is 0.317 e. The molecule has 4 rings (SSSR count). The Hall–Kier alpha value is -2.07. The number of rotatable bonds is 7. The van der Waals surface area contributed by atoms with Gasteiger partial charge in [0.25, 0.3) is 5.91 Å². The van der Waals surface area contributed by atoms with E-state index in [1.807, 2.05) is 4.90 Å². The Morgan fingerprint density at radius 3 is 2.75 bits per heavy atom. The molecular formula is C22H31ClN4O5. The second-order valence-corrected chi connectivity index (χ2v) is 9.21. The number of nitrogens with one attached hydrogen (secondary N) is 1. The molecule has 3 aliphatic rings. The summed E-state index contributed by atoms with van der Waals surface area (Å²) in [6, 6.07) is 1.57. The number of fused-ring (bicyclic) bond motifs is 1. The van der Waals surface area contributed by atoms with Gasteiger partial charge in [0.1, 0.15) is 5.75 Å². The topological polar surface area (TPSA) is 117 Å². The lowest BCUT2D eigenvalue weighted by molar-refractivity contribution is -0.138. The van der Waals surface area contributed by atoms with E-state index in [9.17, 15) is 9.59 Å². The Labute approximate surface area is 192 Å². The van der Waals surface area contributed by atoms with E-state index in [1.165, 1.54) is 0 Å². The molecule has 1 atom stereocenters. The van der Waals surface area contributed by atoms with Gasteiger partial charge in [-0.3, -0.25) is 19.4 Å². The van der Waals surface area contributed by atoms with Gasteiger partial charge in [0, 0.05) is 38.2 Å². The van der Waals surface area contributed by atoms with Crippen molar-refractivity contribution in [3.05, 3.63) is 22.2 Å². The van der Waals surface area contributed by atoms with Crippen molar-refractivity contribution in [1.82, 2.24) is 15.1 Å². The third kappa shape index (κ3) is 5.46. The number of carboxylic acids is 1. The van der Waals surface area contributed by atoms with Gasteiger partial charge in [-0.1, -0.05) is 11.6 Å². The molecule has 3 aliphatic heterocycles. The molecule has 176 valence electrons. The van der Waals surface area contributed by atoms with E-state index >= 15 is 0 Å². The maximum atomic E-state index is 12.8. The van der Waals surface area contributed by atoms with Crippen LogP contribution >= 0.6 is 11.6 Å². The van der Waals surface area contributed by atoms with Crippen molar-refractivity contribution in [3.8, 4) is 5.75 Å². The molecule has 0 spiro atoms. The van der Waals surface area contributed by atoms with Crippen molar-refractivity contribution in [3.63, 3.8) is 0 Å². The van der Waals surface area contributed by atoms with Gasteiger partial charge >= 0.3 is 5.97 Å². The number of nitrogens with zero attached hydrogens (tertiary/aromatic N) is 2. The average Bonchev–Trinajstić information content (AvgIpc) is 3.26. The van der Waals surface area contributed by atoms with Crippen molar-refractivity contribution in [2.75, 3.05) is 64.8 Å². The molecule has 0 radical (unpaired) electrons. The first kappa shape index (κ1) is 23.1. The van der Waals surface area contributed by atoms with Crippen LogP contribution in [0.2, 0.25) is 5.02 Å². The Morgan fingerprint density at radius 2 is 2.00 bits per heavy atom. The van der Waals surface area contributed by atoms with Gasteiger partial charge in [0.2, 0.25) is 0 Å². The number of halogens is 1. The van der Waals surface area contributed by atoms with E-state index < -0.39 is 5.97 Å². The maximum absolute atomic E-state index is 12.8. The molecule has 0 bridgehead atoms. The second kappa shape index (κ2) is 10.2. The number of benzene rings is 1. The van der Waals surface area contributed by atoms with Gasteiger partial charge in [0.15, 0.2) is 0 Å². The van der Waals surface area contributed by atoms with E-state index in [0.29, 0.717) is 54.1 Å². The zero-order valence-electron chi connectivity index (χ0n) is 18.1. The van der Waals surface area contributed by atoms with Crippen LogP contribution in [-0.2, 0) is 16.0 Å². The summed E-state index contributed by atoms with van der Waals surface area (Å²) in [6.45, 7) is 5.92. The number of ether oxygens (including phenoxy) is 2. The van der Waals surface area contributed by atoms with Crippen molar-refractivity contribution in [2.24, 2.45) is 5.92 Å². The van der Waals surface area contributed by atoms with Gasteiger partial charge in [-0.25, -0.2) is 0 Å². The van der Waals surface area contributed by atoms with Gasteiger partial charge in [-0.15, -0.1) is 0 Å². The number of likely N-dealkylation sites (tertiary alicyclic amines) is 1. The van der Waals surface area contributed by atoms with Crippen molar-refractivity contribution in [1.29, 1.82) is 0 Å². The first-order valence-corrected chi connectivity index (χ1v) is 11.6. The van der Waals surface area contributed by atoms with Crippen LogP contribution in [0.15, 0.2) is 6.07 Å². The van der Waals surface area contributed by atoms with Gasteiger partial charge in [-0.2, -0.15) is 0 Å². The van der Waals surface area contributed by atoms with E-state index in [0.717, 1.165) is 51.1 Å². The predicted octanol–water partition coefficient (Wildman–Crippen LogP) is 1.08. The van der Waals surface area contributed by atoms with Crippen LogP contribution in [0.1, 0.15) is 28.8 Å². The second-order valence-electron chi connectivity index (χ2n) is 8.80. The number of hydrogen-bond donors (Lipinski definition) is 3. The number of amides is 1. The molecule has 2 saturated heterocycles. The van der Waals surface area contributed by atoms with Crippen LogP contribution in [0.3, 0.4) is 0 Å². The van der Waals surface area contributed by atoms with E-state index in [-0.39, 0.29) is 18.6 Å². The molecule has 9 nitrogen and oxygen atoms in total. The third-order valence-electron chi connectivity index (χ3n) is 6.51. The lowest BCUT2D eigenvalue weighted by atomic mass is 9.96. The quantitative estimate of drug-likeness (QED) is 0.511. The number of carboxylic acid groups (broad SMARTS) is 1. The number of nitrogens with two attached hydrogens (primary N) is 1. The lowest BCUT2D eigenvalue weighted by Crippen LogP contribution is -2.49. The van der Waals surface area contributed by atoms with Gasteiger partial charge in [-0.05, 0) is 37.9 Å². The van der Waals surface area contributed by atoms with Crippen LogP contribution in [-0.4, -0.2) is 91.9 Å². The van der Waals surface area contributed by atoms with Gasteiger partial charge in [0.05, 0.1) is 42.1 Å². The van der Waals surface area contributed by atoms with Crippen LogP contribution in [0.4, 0.5) is 5.69 Å². The van der Waals surface area contributed by atoms with Crippen LogP contribution in [0, 0.1) is 5.92 Å². The molecule has 0 saturated carbocycles. The average molecular weight is 467 g/mol. The number of anilines is 1. The molecule has 0 aromatic heterocycles. The molecular weight excluding hydrogens is 436 g/mol. The van der Waals surface area contributed by atoms with E-state index in [4.69, 9.17) is 31.9 Å². The zero-order chi connectivity index (χ0) is 22.7. The standard InChI is InChI=1S/C22H31ClN4O5/c23-18-9-17(21-16(20(18)24)3-7-32-21)22(30)25-10-15-12-27(6-8-31-15)11-14-1-4-26(5-2-14)13-19(28)29/h9,14-15H,1-8,10-13,24H2,(H,25,30)(H,28,29). The number of carbonyl (C=O) groups is 2. The number of morpholine rings is 1. The smallest absolute Gasteiger partial charge is 0.317 e. The SMILES string of the molecule is Nc1c(Cl)cc(C(=O)NCC2CN(CC3CCN(CC(=O)O)CC3)CCO2)c2c1CCO2. The summed E-state index contributed by atoms with van der Waals surface area (Å²) in [4.78, 5) is 28.1. The molecule has 2 fully saturated rings. The highest BCUT2D eigenvalue weighted by Gasteiger charge is 2.28. The third-order valence-corrected chi connectivity index (χ3v) is 6.82. The Bertz CT molecular complexity index is 859. The van der Waals surface area contributed by atoms with Crippen molar-refractivity contribution >= 4 is 29.2 Å². The summed E-state index contributed by atoms with van der Waals surface area (Å²) in [5.74, 6) is 0.0886. The molecule has 1 aromatic carbocycles. The van der Waals surface area contributed by atoms with Crippen molar-refractivity contribution in [2.45, 2.75) is 25.4 Å². The Kier molecular flexibility index (Phi) is 7.40. The van der Waals surface area contributed by atoms with Crippen LogP contribution in [0.5, 0.6) is 5.75 Å². The summed E-state index contributed by atoms with van der Waals surface area (Å²) < 4.78 is 11.5. The number of piperidine rings is 1. The van der Waals surface area contributed by atoms with E-state index in [2.05, 4.69) is 10.2 Å². The highest BCUT2D eigenvalue weighted by Crippen LogP contribution is 2.38. The number of nitrogen functional groups attached to an aromatic ring is 1. The summed E-state index contributed by atoms with van der Waals surface area (Å²) in [7, 11) is 0. The molecule has 1 aromatic rings. The molecule has 32 heavy (non-hydrogen) atoms. The fourth-order valence-electron chi connectivity index (χ4n) is 4.79. The Balaban J connectivity index is 1.26. The fraction of sp³-hybridized carbons (Fsp3) is 0.636. The fourth-order valence-corrected chi connectivity index (χ4v) is 5.01. The van der Waals surface area contributed by atoms with Crippen LogP contribution in [0.25, 0.3) is 0 Å². The van der Waals surface area contributed by atoms with E-state index in [1.54, 1.807) is 6.07 Å². The first-order valence-electron chi connectivity index (χ1n) is 11.2. The minimum Gasteiger partial charge on any atom is -0.492 e. The largest absolute Gasteiger partial charge is 0.492 e. The molecule has 10 heteroatoms. The number of aliphatic carboxylic acids is 1. The first-order chi connectivity index (χ1) is 15.4. The summed E-state index contributed by atoms with van der Waals surface area (Å²) >= 11 is 6.21. The minimum atomic E-state index is -0.765. The zero-order valence-corrected chi connectivity index (χ0v) is 18.9. The summed E-state index contributed by atoms with van der Waals surface area (Å²) in [5.41, 5.74) is 7.72. The van der Waals surface area contributed by atoms with Crippen molar-refractivity contribution < 1.29 is 24.2 Å². The number of hydrogen-bond acceptors (Lipinski definition) is 7. The van der Waals surface area contributed by atoms with Gasteiger partial charge < -0.3 is 25.6 Å². The molecule has 4 N–H and O–H groups in total. The predicted molar refractivity (Wildman–Crippen MR) is 120 cm³/mol. The monoisotopic (exact) mass is 466 g/mol. The molecule has 1 amide bonds. The summed E-state index contributed by atoms with van der Waals surface area (Å²) in [6.07, 6.45) is 2.58. The number of carbonyl (C=O) groups excluding carboxylic acids is 1.